The van der Waals surface area contributed by atoms with Crippen LogP contribution in [0.2, 0.25) is 0 Å². The molecule has 3 heteroatoms. The maximum absolute atomic E-state index is 11.2. The fourth-order valence-corrected chi connectivity index (χ4v) is 7.47. The van der Waals surface area contributed by atoms with Crippen molar-refractivity contribution in [3.8, 4) is 5.75 Å². The van der Waals surface area contributed by atoms with Crippen molar-refractivity contribution in [2.75, 3.05) is 0 Å². The Kier molecular flexibility index (Phi) is 3.23. The number of carbonyl (C=O) groups excluding carboxylic acids is 1. The summed E-state index contributed by atoms with van der Waals surface area (Å²) in [5.41, 5.74) is 3.33. The van der Waals surface area contributed by atoms with Gasteiger partial charge in [-0.25, -0.2) is 0 Å². The van der Waals surface area contributed by atoms with E-state index in [-0.39, 0.29) is 17.5 Å². The van der Waals surface area contributed by atoms with E-state index in [9.17, 15) is 9.90 Å². The first kappa shape index (κ1) is 15.9. The second-order valence-corrected chi connectivity index (χ2v) is 9.27. The summed E-state index contributed by atoms with van der Waals surface area (Å²) in [4.78, 5) is 11.2. The Balaban J connectivity index is 1.52. The summed E-state index contributed by atoms with van der Waals surface area (Å²) in [5.74, 6) is 2.29. The van der Waals surface area contributed by atoms with Gasteiger partial charge in [-0.1, -0.05) is 13.0 Å². The van der Waals surface area contributed by atoms with E-state index >= 15 is 0 Å². The summed E-state index contributed by atoms with van der Waals surface area (Å²) in [5, 5.41) is 10.9. The largest absolute Gasteiger partial charge is 0.427 e. The minimum atomic E-state index is -0.252. The van der Waals surface area contributed by atoms with E-state index in [0.29, 0.717) is 28.9 Å². The Bertz CT molecular complexity index is 741. The van der Waals surface area contributed by atoms with Gasteiger partial charge in [0, 0.05) is 6.92 Å². The van der Waals surface area contributed by atoms with Gasteiger partial charge in [-0.2, -0.15) is 0 Å². The van der Waals surface area contributed by atoms with E-state index in [1.807, 2.05) is 6.07 Å². The highest BCUT2D eigenvalue weighted by molar-refractivity contribution is 5.69. The predicted molar refractivity (Wildman–Crippen MR) is 95.4 cm³/mol. The molecule has 4 aliphatic rings. The number of hydrogen-bond acceptors (Lipinski definition) is 3. The van der Waals surface area contributed by atoms with Crippen LogP contribution in [0.3, 0.4) is 0 Å². The molecule has 3 nitrogen and oxygen atoms in total. The van der Waals surface area contributed by atoms with Gasteiger partial charge < -0.3 is 9.84 Å². The lowest BCUT2D eigenvalue weighted by Gasteiger charge is -2.59. The molecule has 0 saturated heterocycles. The molecule has 0 unspecified atom stereocenters. The van der Waals surface area contributed by atoms with Crippen LogP contribution in [0.5, 0.6) is 5.75 Å². The minimum absolute atomic E-state index is 0.0880. The highest BCUT2D eigenvalue weighted by atomic mass is 16.5. The number of aryl methyl sites for hydroxylation is 1. The number of aliphatic hydroxyl groups excluding tert-OH is 1. The molecule has 0 radical (unpaired) electrons. The van der Waals surface area contributed by atoms with Crippen molar-refractivity contribution in [3.63, 3.8) is 0 Å². The number of carbonyl (C=O) groups is 1. The van der Waals surface area contributed by atoms with E-state index < -0.39 is 0 Å². The third-order valence-corrected chi connectivity index (χ3v) is 8.49. The van der Waals surface area contributed by atoms with E-state index in [4.69, 9.17) is 4.74 Å². The van der Waals surface area contributed by atoms with Crippen molar-refractivity contribution < 1.29 is 14.6 Å². The molecule has 2 bridgehead atoms. The van der Waals surface area contributed by atoms with Gasteiger partial charge in [0.05, 0.1) is 6.10 Å². The van der Waals surface area contributed by atoms with Crippen molar-refractivity contribution >= 4 is 5.97 Å². The summed E-state index contributed by atoms with van der Waals surface area (Å²) >= 11 is 0. The molecule has 0 heterocycles. The Labute approximate surface area is 149 Å². The van der Waals surface area contributed by atoms with E-state index in [1.165, 1.54) is 50.2 Å². The average Bonchev–Trinajstić information content (AvgIpc) is 3.11. The molecular weight excluding hydrogens is 312 g/mol. The molecule has 0 aliphatic heterocycles. The van der Waals surface area contributed by atoms with Gasteiger partial charge >= 0.3 is 5.97 Å². The Morgan fingerprint density at radius 2 is 2.08 bits per heavy atom. The summed E-state index contributed by atoms with van der Waals surface area (Å²) in [6.45, 7) is 3.84. The standard InChI is InChI=1S/C22H28O3/c1-13(23)25-16-4-5-17-14(11-16)3-6-19-18(17)8-9-21(2)20(24)15-7-10-22(19,21)12-15/h4-5,11,15,18-20,24H,3,6-10,12H2,1-2H3/t15-,18+,19+,20+,21+,22+/m0/s1. The lowest BCUT2D eigenvalue weighted by Crippen LogP contribution is -2.53. The van der Waals surface area contributed by atoms with Crippen LogP contribution in [0.15, 0.2) is 18.2 Å². The quantitative estimate of drug-likeness (QED) is 0.615. The van der Waals surface area contributed by atoms with Crippen LogP contribution in [0, 0.1) is 22.7 Å². The Hall–Kier alpha value is -1.35. The fraction of sp³-hybridized carbons (Fsp3) is 0.682. The zero-order valence-electron chi connectivity index (χ0n) is 15.3. The fourth-order valence-electron chi connectivity index (χ4n) is 7.47. The number of benzene rings is 1. The third kappa shape index (κ3) is 1.94. The molecule has 1 aromatic rings. The molecule has 3 fully saturated rings. The average molecular weight is 340 g/mol. The Morgan fingerprint density at radius 3 is 2.88 bits per heavy atom. The van der Waals surface area contributed by atoms with E-state index in [0.717, 1.165) is 12.8 Å². The van der Waals surface area contributed by atoms with Crippen molar-refractivity contribution in [1.29, 1.82) is 0 Å². The van der Waals surface area contributed by atoms with E-state index in [1.54, 1.807) is 0 Å². The molecule has 134 valence electrons. The molecule has 1 spiro atoms. The van der Waals surface area contributed by atoms with Gasteiger partial charge in [0.25, 0.3) is 0 Å². The monoisotopic (exact) mass is 340 g/mol. The molecule has 25 heavy (non-hydrogen) atoms. The Morgan fingerprint density at radius 1 is 1.24 bits per heavy atom. The first-order valence-corrected chi connectivity index (χ1v) is 9.94. The number of rotatable bonds is 1. The van der Waals surface area contributed by atoms with Crippen LogP contribution >= 0.6 is 0 Å². The zero-order chi connectivity index (χ0) is 17.4. The van der Waals surface area contributed by atoms with Gasteiger partial charge in [0.2, 0.25) is 0 Å². The number of fused-ring (bicyclic) bond motifs is 4. The number of esters is 1. The third-order valence-electron chi connectivity index (χ3n) is 8.49. The predicted octanol–water partition coefficient (Wildman–Crippen LogP) is 4.22. The molecule has 3 saturated carbocycles. The number of aliphatic hydroxyl groups is 1. The highest BCUT2D eigenvalue weighted by Crippen LogP contribution is 2.74. The van der Waals surface area contributed by atoms with Crippen molar-refractivity contribution in [3.05, 3.63) is 29.3 Å². The number of hydrogen-bond donors (Lipinski definition) is 1. The second-order valence-electron chi connectivity index (χ2n) is 9.27. The van der Waals surface area contributed by atoms with Crippen LogP contribution in [0.4, 0.5) is 0 Å². The molecule has 0 aromatic heterocycles. The molecule has 5 rings (SSSR count). The van der Waals surface area contributed by atoms with Gasteiger partial charge in [-0.05, 0) is 96.8 Å². The maximum atomic E-state index is 11.2. The highest BCUT2D eigenvalue weighted by Gasteiger charge is 2.69. The molecule has 1 N–H and O–H groups in total. The maximum Gasteiger partial charge on any atom is 0.308 e. The normalized spacial score (nSPS) is 44.0. The first-order chi connectivity index (χ1) is 11.9. The lowest BCUT2D eigenvalue weighted by atomic mass is 9.46. The van der Waals surface area contributed by atoms with Gasteiger partial charge in [-0.3, -0.25) is 4.79 Å². The van der Waals surface area contributed by atoms with Gasteiger partial charge in [0.15, 0.2) is 0 Å². The van der Waals surface area contributed by atoms with Gasteiger partial charge in [0.1, 0.15) is 5.75 Å². The summed E-state index contributed by atoms with van der Waals surface area (Å²) in [6, 6.07) is 6.26. The summed E-state index contributed by atoms with van der Waals surface area (Å²) in [6.07, 6.45) is 8.32. The second kappa shape index (κ2) is 5.09. The van der Waals surface area contributed by atoms with Crippen molar-refractivity contribution in [2.24, 2.45) is 22.7 Å². The minimum Gasteiger partial charge on any atom is -0.427 e. The van der Waals surface area contributed by atoms with Crippen LogP contribution in [0.1, 0.15) is 69.4 Å². The molecule has 0 amide bonds. The molecular formula is C22H28O3. The summed E-state index contributed by atoms with van der Waals surface area (Å²) < 4.78 is 5.29. The number of ether oxygens (including phenoxy) is 1. The van der Waals surface area contributed by atoms with Crippen LogP contribution in [-0.4, -0.2) is 17.2 Å². The van der Waals surface area contributed by atoms with Gasteiger partial charge in [-0.15, -0.1) is 0 Å². The molecule has 1 aromatic carbocycles. The van der Waals surface area contributed by atoms with Crippen LogP contribution in [-0.2, 0) is 11.2 Å². The smallest absolute Gasteiger partial charge is 0.308 e. The SMILES string of the molecule is CC(=O)Oc1ccc2c(c1)CC[C@@H]1[C@@H]2CC[C@]2(C)[C@H](O)[C@H]3CC[C@@]12C3. The van der Waals surface area contributed by atoms with Crippen molar-refractivity contribution in [2.45, 2.75) is 70.8 Å². The zero-order valence-corrected chi connectivity index (χ0v) is 15.3. The summed E-state index contributed by atoms with van der Waals surface area (Å²) in [7, 11) is 0. The first-order valence-electron chi connectivity index (χ1n) is 9.94. The van der Waals surface area contributed by atoms with Crippen molar-refractivity contribution in [1.82, 2.24) is 0 Å². The van der Waals surface area contributed by atoms with E-state index in [2.05, 4.69) is 19.1 Å². The van der Waals surface area contributed by atoms with Crippen LogP contribution < -0.4 is 4.74 Å². The van der Waals surface area contributed by atoms with Crippen LogP contribution in [0.25, 0.3) is 0 Å². The lowest BCUT2D eigenvalue weighted by molar-refractivity contribution is -0.131. The molecule has 4 aliphatic carbocycles. The topological polar surface area (TPSA) is 46.5 Å². The molecule has 6 atom stereocenters.